The zero-order valence-electron chi connectivity index (χ0n) is 24.2. The van der Waals surface area contributed by atoms with Crippen LogP contribution in [0.4, 0.5) is 14.6 Å². The second-order valence-electron chi connectivity index (χ2n) is 13.0. The van der Waals surface area contributed by atoms with Crippen LogP contribution in [0, 0.1) is 30.0 Å². The van der Waals surface area contributed by atoms with Gasteiger partial charge in [0.05, 0.1) is 17.0 Å². The molecule has 3 unspecified atom stereocenters. The number of ether oxygens (including phenoxy) is 1. The number of pyridine rings is 1. The van der Waals surface area contributed by atoms with Gasteiger partial charge >= 0.3 is 6.01 Å². The molecule has 2 aromatic heterocycles. The quantitative estimate of drug-likeness (QED) is 0.316. The van der Waals surface area contributed by atoms with Crippen molar-refractivity contribution >= 4 is 27.5 Å². The number of aliphatic hydroxyl groups is 1. The van der Waals surface area contributed by atoms with Crippen molar-refractivity contribution in [1.29, 1.82) is 0 Å². The van der Waals surface area contributed by atoms with Crippen molar-refractivity contribution in [1.82, 2.24) is 19.9 Å². The van der Waals surface area contributed by atoms with Crippen molar-refractivity contribution in [2.24, 2.45) is 11.8 Å². The third kappa shape index (κ3) is 4.36. The summed E-state index contributed by atoms with van der Waals surface area (Å²) in [6.07, 6.45) is 9.97. The number of aromatic hydroxyl groups is 1. The highest BCUT2D eigenvalue weighted by Crippen LogP contribution is 2.43. The summed E-state index contributed by atoms with van der Waals surface area (Å²) < 4.78 is 37.4. The number of hydrogen-bond donors (Lipinski definition) is 2. The van der Waals surface area contributed by atoms with Crippen LogP contribution in [0.2, 0.25) is 0 Å². The van der Waals surface area contributed by atoms with Crippen molar-refractivity contribution in [3.8, 4) is 35.4 Å². The molecule has 2 aromatic carbocycles. The second-order valence-corrected chi connectivity index (χ2v) is 13.0. The third-order valence-corrected chi connectivity index (χ3v) is 10.2. The molecule has 0 amide bonds. The summed E-state index contributed by atoms with van der Waals surface area (Å²) in [4.78, 5) is 18.2. The van der Waals surface area contributed by atoms with Crippen LogP contribution in [0.25, 0.3) is 32.9 Å². The van der Waals surface area contributed by atoms with Crippen molar-refractivity contribution in [2.75, 3.05) is 37.7 Å². The minimum Gasteiger partial charge on any atom is -0.508 e. The Labute approximate surface area is 253 Å². The first-order valence-electron chi connectivity index (χ1n) is 15.4. The Balaban J connectivity index is 1.27. The maximum atomic E-state index is 16.8. The predicted octanol–water partition coefficient (Wildman–Crippen LogP) is 4.83. The van der Waals surface area contributed by atoms with Crippen LogP contribution in [-0.2, 0) is 0 Å². The fraction of sp³-hybridized carbons (Fsp3) is 0.441. The van der Waals surface area contributed by atoms with Gasteiger partial charge in [-0.2, -0.15) is 9.97 Å². The average molecular weight is 598 g/mol. The van der Waals surface area contributed by atoms with Gasteiger partial charge < -0.3 is 19.8 Å². The molecule has 0 radical (unpaired) electrons. The highest BCUT2D eigenvalue weighted by atomic mass is 19.1. The number of terminal acetylenes is 1. The summed E-state index contributed by atoms with van der Waals surface area (Å²) in [7, 11) is 0. The number of phenols is 1. The Morgan fingerprint density at radius 3 is 2.89 bits per heavy atom. The Morgan fingerprint density at radius 1 is 1.16 bits per heavy atom. The van der Waals surface area contributed by atoms with Gasteiger partial charge in [-0.1, -0.05) is 18.1 Å². The Kier molecular flexibility index (Phi) is 6.40. The van der Waals surface area contributed by atoms with Crippen molar-refractivity contribution in [2.45, 2.75) is 49.9 Å². The lowest BCUT2D eigenvalue weighted by atomic mass is 9.95. The molecule has 10 heteroatoms. The lowest BCUT2D eigenvalue weighted by Gasteiger charge is -2.34. The number of alkyl halides is 1. The highest BCUT2D eigenvalue weighted by Gasteiger charge is 2.49. The lowest BCUT2D eigenvalue weighted by Crippen LogP contribution is -2.43. The van der Waals surface area contributed by atoms with Gasteiger partial charge in [-0.05, 0) is 61.7 Å². The van der Waals surface area contributed by atoms with Gasteiger partial charge in [0.15, 0.2) is 5.82 Å². The number of aromatic nitrogens is 3. The van der Waals surface area contributed by atoms with Gasteiger partial charge in [0.2, 0.25) is 0 Å². The number of halogens is 2. The minimum absolute atomic E-state index is 0.00228. The first-order valence-corrected chi connectivity index (χ1v) is 15.4. The number of benzene rings is 2. The largest absolute Gasteiger partial charge is 0.508 e. The first kappa shape index (κ1) is 27.5. The first-order chi connectivity index (χ1) is 21.3. The van der Waals surface area contributed by atoms with E-state index in [9.17, 15) is 14.6 Å². The van der Waals surface area contributed by atoms with E-state index < -0.39 is 17.5 Å². The normalized spacial score (nSPS) is 28.1. The summed E-state index contributed by atoms with van der Waals surface area (Å²) in [6.45, 7) is 2.69. The molecule has 0 spiro atoms. The average Bonchev–Trinajstić information content (AvgIpc) is 3.63. The van der Waals surface area contributed by atoms with Crippen molar-refractivity contribution in [3.05, 3.63) is 47.9 Å². The standard InChI is InChI=1S/C34H33F2N5O3/c1-2-20-5-3-6-21-11-24(42)12-25(28(20)21)30-29(36)31-26(14-37-30)32(40-15-19-9-22(16-40)27(43)10-19)39-33(38-31)44-18-34-7-4-8-41(34)17-23(35)13-34/h1,3,5-6,11-12,14,19,22-23,27,42-43H,4,7-10,13,15-18H2/t19?,22?,23-,27?,34+/m1/s1. The molecule has 8 rings (SSSR count). The van der Waals surface area contributed by atoms with Crippen LogP contribution in [0.3, 0.4) is 0 Å². The summed E-state index contributed by atoms with van der Waals surface area (Å²) in [5, 5.41) is 22.8. The molecule has 4 aliphatic rings. The van der Waals surface area contributed by atoms with Crippen molar-refractivity contribution < 1.29 is 23.7 Å². The molecule has 5 heterocycles. The maximum absolute atomic E-state index is 16.8. The molecule has 1 saturated carbocycles. The van der Waals surface area contributed by atoms with E-state index in [1.807, 2.05) is 0 Å². The number of piperidine rings is 1. The van der Waals surface area contributed by atoms with E-state index in [4.69, 9.17) is 16.1 Å². The van der Waals surface area contributed by atoms with Crippen LogP contribution >= 0.6 is 0 Å². The molecule has 3 saturated heterocycles. The number of aliphatic hydroxyl groups excluding tert-OH is 1. The monoisotopic (exact) mass is 597 g/mol. The Bertz CT molecular complexity index is 1840. The smallest absolute Gasteiger partial charge is 0.319 e. The predicted molar refractivity (Wildman–Crippen MR) is 163 cm³/mol. The zero-order valence-corrected chi connectivity index (χ0v) is 24.2. The van der Waals surface area contributed by atoms with E-state index in [-0.39, 0.29) is 41.6 Å². The summed E-state index contributed by atoms with van der Waals surface area (Å²) in [5.41, 5.74) is 0.535. The molecule has 3 aliphatic heterocycles. The second kappa shape index (κ2) is 10.2. The Morgan fingerprint density at radius 2 is 2.05 bits per heavy atom. The molecule has 226 valence electrons. The molecule has 2 bridgehead atoms. The fourth-order valence-corrected chi connectivity index (χ4v) is 8.28. The molecular formula is C34H33F2N5O3. The van der Waals surface area contributed by atoms with E-state index >= 15 is 4.39 Å². The van der Waals surface area contributed by atoms with Crippen molar-refractivity contribution in [3.63, 3.8) is 0 Å². The molecule has 5 atom stereocenters. The third-order valence-electron chi connectivity index (χ3n) is 10.2. The summed E-state index contributed by atoms with van der Waals surface area (Å²) in [6, 6.07) is 8.43. The fourth-order valence-electron chi connectivity index (χ4n) is 8.28. The van der Waals surface area contributed by atoms with Gasteiger partial charge in [0.1, 0.15) is 35.6 Å². The molecule has 2 N–H and O–H groups in total. The minimum atomic E-state index is -0.904. The van der Waals surface area contributed by atoms with Gasteiger partial charge in [-0.3, -0.25) is 9.88 Å². The van der Waals surface area contributed by atoms with Crippen LogP contribution in [-0.4, -0.2) is 80.7 Å². The molecule has 4 aromatic rings. The van der Waals surface area contributed by atoms with E-state index in [1.165, 1.54) is 6.07 Å². The summed E-state index contributed by atoms with van der Waals surface area (Å²) >= 11 is 0. The lowest BCUT2D eigenvalue weighted by molar-refractivity contribution is 0.107. The molecule has 1 aliphatic carbocycles. The van der Waals surface area contributed by atoms with Crippen LogP contribution in [0.1, 0.15) is 37.7 Å². The Hall–Kier alpha value is -4.07. The zero-order chi connectivity index (χ0) is 30.2. The van der Waals surface area contributed by atoms with Crippen LogP contribution < -0.4 is 9.64 Å². The number of phenolic OH excluding ortho intramolecular Hbond substituents is 1. The number of rotatable bonds is 5. The van der Waals surface area contributed by atoms with E-state index in [1.54, 1.807) is 30.5 Å². The highest BCUT2D eigenvalue weighted by molar-refractivity contribution is 6.02. The van der Waals surface area contributed by atoms with Gasteiger partial charge in [0, 0.05) is 54.7 Å². The van der Waals surface area contributed by atoms with Crippen LogP contribution in [0.15, 0.2) is 36.5 Å². The summed E-state index contributed by atoms with van der Waals surface area (Å²) in [5.74, 6) is 2.86. The van der Waals surface area contributed by atoms with E-state index in [0.717, 1.165) is 32.2 Å². The number of fused-ring (bicyclic) bond motifs is 5. The van der Waals surface area contributed by atoms with Gasteiger partial charge in [-0.15, -0.1) is 6.42 Å². The van der Waals surface area contributed by atoms with E-state index in [0.29, 0.717) is 65.1 Å². The molecule has 4 fully saturated rings. The molecule has 44 heavy (non-hydrogen) atoms. The van der Waals surface area contributed by atoms with E-state index in [2.05, 4.69) is 25.7 Å². The maximum Gasteiger partial charge on any atom is 0.319 e. The van der Waals surface area contributed by atoms with Gasteiger partial charge in [0.25, 0.3) is 0 Å². The topological polar surface area (TPSA) is 94.8 Å². The van der Waals surface area contributed by atoms with Crippen LogP contribution in [0.5, 0.6) is 11.8 Å². The number of nitrogens with zero attached hydrogens (tertiary/aromatic N) is 5. The molecular weight excluding hydrogens is 564 g/mol. The number of anilines is 1. The molecule has 8 nitrogen and oxygen atoms in total. The SMILES string of the molecule is C#Cc1cccc2cc(O)cc(-c3ncc4c(N5CC6CC(O)C(C6)C5)nc(OC[C@@]56CCCN5C[C@H](F)C6)nc4c3F)c12. The number of hydrogen-bond acceptors (Lipinski definition) is 8. The van der Waals surface area contributed by atoms with Gasteiger partial charge in [-0.25, -0.2) is 8.78 Å².